The molecule has 0 bridgehead atoms. The molecule has 18 heavy (non-hydrogen) atoms. The minimum Gasteiger partial charge on any atom is -0.307 e. The van der Waals surface area contributed by atoms with Gasteiger partial charge in [-0.3, -0.25) is 9.78 Å². The third kappa shape index (κ3) is 2.62. The Morgan fingerprint density at radius 3 is 2.50 bits per heavy atom. The fraction of sp³-hybridized carbons (Fsp3) is 0.167. The van der Waals surface area contributed by atoms with Gasteiger partial charge in [0.1, 0.15) is 0 Å². The molecule has 92 valence electrons. The summed E-state index contributed by atoms with van der Waals surface area (Å²) in [5.41, 5.74) is 1.03. The molecule has 0 saturated heterocycles. The summed E-state index contributed by atoms with van der Waals surface area (Å²) in [6.45, 7) is 2.43. The number of pyridine rings is 1. The lowest BCUT2D eigenvalue weighted by Gasteiger charge is -2.19. The minimum absolute atomic E-state index is 0.215. The zero-order chi connectivity index (χ0) is 13.0. The molecule has 0 spiro atoms. The first-order chi connectivity index (χ1) is 8.72. The van der Waals surface area contributed by atoms with Gasteiger partial charge in [0.15, 0.2) is 10.8 Å². The van der Waals surface area contributed by atoms with E-state index in [1.807, 2.05) is 6.92 Å². The number of aromatic nitrogens is 3. The van der Waals surface area contributed by atoms with E-state index < -0.39 is 0 Å². The molecule has 0 aliphatic rings. The van der Waals surface area contributed by atoms with Crippen molar-refractivity contribution in [3.05, 3.63) is 47.5 Å². The SMILES string of the molecule is CCN(C(=O)c1ccc(Cl)nn1)c1ccncc1. The summed E-state index contributed by atoms with van der Waals surface area (Å²) in [5, 5.41) is 7.71. The lowest BCUT2D eigenvalue weighted by Crippen LogP contribution is -2.31. The number of carbonyl (C=O) groups is 1. The second-order valence-electron chi connectivity index (χ2n) is 3.50. The van der Waals surface area contributed by atoms with Gasteiger partial charge in [0, 0.05) is 24.6 Å². The monoisotopic (exact) mass is 262 g/mol. The number of rotatable bonds is 3. The van der Waals surface area contributed by atoms with E-state index in [-0.39, 0.29) is 16.8 Å². The number of hydrogen-bond acceptors (Lipinski definition) is 4. The van der Waals surface area contributed by atoms with Crippen LogP contribution in [0.5, 0.6) is 0 Å². The fourth-order valence-electron chi connectivity index (χ4n) is 1.54. The minimum atomic E-state index is -0.215. The smallest absolute Gasteiger partial charge is 0.278 e. The molecule has 0 aromatic carbocycles. The summed E-state index contributed by atoms with van der Waals surface area (Å²) in [4.78, 5) is 17.8. The summed E-state index contributed by atoms with van der Waals surface area (Å²) < 4.78 is 0. The van der Waals surface area contributed by atoms with Crippen molar-refractivity contribution in [2.45, 2.75) is 6.92 Å². The molecule has 0 radical (unpaired) electrons. The normalized spacial score (nSPS) is 10.1. The Balaban J connectivity index is 2.28. The lowest BCUT2D eigenvalue weighted by atomic mass is 10.3. The van der Waals surface area contributed by atoms with Crippen LogP contribution in [0.15, 0.2) is 36.7 Å². The summed E-state index contributed by atoms with van der Waals surface area (Å²) in [6.07, 6.45) is 3.28. The van der Waals surface area contributed by atoms with Crippen LogP contribution in [-0.2, 0) is 0 Å². The van der Waals surface area contributed by atoms with Gasteiger partial charge in [0.25, 0.3) is 5.91 Å². The van der Waals surface area contributed by atoms with Gasteiger partial charge in [0.05, 0.1) is 0 Å². The second-order valence-corrected chi connectivity index (χ2v) is 3.88. The maximum atomic E-state index is 12.2. The molecule has 1 amide bonds. The number of halogens is 1. The number of amides is 1. The Hall–Kier alpha value is -2.01. The standard InChI is InChI=1S/C12H11ClN4O/c1-2-17(9-5-7-14-8-6-9)12(18)10-3-4-11(13)16-15-10/h3-8H,2H2,1H3. The third-order valence-electron chi connectivity index (χ3n) is 2.39. The Morgan fingerprint density at radius 2 is 1.94 bits per heavy atom. The van der Waals surface area contributed by atoms with E-state index in [4.69, 9.17) is 11.6 Å². The van der Waals surface area contributed by atoms with E-state index in [2.05, 4.69) is 15.2 Å². The molecule has 2 rings (SSSR count). The van der Waals surface area contributed by atoms with Crippen molar-refractivity contribution in [3.8, 4) is 0 Å². The van der Waals surface area contributed by atoms with Crippen molar-refractivity contribution >= 4 is 23.2 Å². The molecule has 0 N–H and O–H groups in total. The Labute approximate surface area is 109 Å². The van der Waals surface area contributed by atoms with Crippen molar-refractivity contribution in [1.82, 2.24) is 15.2 Å². The van der Waals surface area contributed by atoms with Crippen molar-refractivity contribution < 1.29 is 4.79 Å². The molecule has 5 nitrogen and oxygen atoms in total. The maximum absolute atomic E-state index is 12.2. The predicted molar refractivity (Wildman–Crippen MR) is 68.6 cm³/mol. The molecule has 2 aromatic heterocycles. The van der Waals surface area contributed by atoms with Gasteiger partial charge < -0.3 is 4.90 Å². The highest BCUT2D eigenvalue weighted by atomic mass is 35.5. The molecular formula is C12H11ClN4O. The van der Waals surface area contributed by atoms with Crippen molar-refractivity contribution in [2.24, 2.45) is 0 Å². The molecular weight excluding hydrogens is 252 g/mol. The molecule has 6 heteroatoms. The number of nitrogens with zero attached hydrogens (tertiary/aromatic N) is 4. The summed E-state index contributed by atoms with van der Waals surface area (Å²) in [6, 6.07) is 6.64. The fourth-order valence-corrected chi connectivity index (χ4v) is 1.64. The topological polar surface area (TPSA) is 59.0 Å². The largest absolute Gasteiger partial charge is 0.307 e. The molecule has 0 atom stereocenters. The molecule has 0 unspecified atom stereocenters. The molecule has 0 aliphatic carbocycles. The van der Waals surface area contributed by atoms with E-state index >= 15 is 0 Å². The molecule has 0 aliphatic heterocycles. The van der Waals surface area contributed by atoms with Crippen molar-refractivity contribution in [2.75, 3.05) is 11.4 Å². The first-order valence-electron chi connectivity index (χ1n) is 5.43. The third-order valence-corrected chi connectivity index (χ3v) is 2.59. The van der Waals surface area contributed by atoms with Gasteiger partial charge in [-0.25, -0.2) is 0 Å². The number of hydrogen-bond donors (Lipinski definition) is 0. The maximum Gasteiger partial charge on any atom is 0.278 e. The van der Waals surface area contributed by atoms with E-state index in [0.29, 0.717) is 6.54 Å². The van der Waals surface area contributed by atoms with E-state index in [9.17, 15) is 4.79 Å². The highest BCUT2D eigenvalue weighted by Crippen LogP contribution is 2.15. The molecule has 2 heterocycles. The van der Waals surface area contributed by atoms with E-state index in [0.717, 1.165) is 5.69 Å². The van der Waals surface area contributed by atoms with Crippen LogP contribution in [0.4, 0.5) is 5.69 Å². The van der Waals surface area contributed by atoms with Gasteiger partial charge in [-0.2, -0.15) is 0 Å². The van der Waals surface area contributed by atoms with Crippen LogP contribution in [0.1, 0.15) is 17.4 Å². The molecule has 2 aromatic rings. The zero-order valence-corrected chi connectivity index (χ0v) is 10.5. The average molecular weight is 263 g/mol. The second kappa shape index (κ2) is 5.55. The van der Waals surface area contributed by atoms with Crippen LogP contribution in [0, 0.1) is 0 Å². The Bertz CT molecular complexity index is 530. The Kier molecular flexibility index (Phi) is 3.84. The van der Waals surface area contributed by atoms with Gasteiger partial charge >= 0.3 is 0 Å². The van der Waals surface area contributed by atoms with Crippen molar-refractivity contribution in [3.63, 3.8) is 0 Å². The van der Waals surface area contributed by atoms with Crippen molar-refractivity contribution in [1.29, 1.82) is 0 Å². The van der Waals surface area contributed by atoms with Gasteiger partial charge in [-0.15, -0.1) is 10.2 Å². The van der Waals surface area contributed by atoms with Crippen LogP contribution in [-0.4, -0.2) is 27.6 Å². The average Bonchev–Trinajstić information content (AvgIpc) is 2.41. The summed E-state index contributed by atoms with van der Waals surface area (Å²) >= 11 is 5.64. The molecule has 0 fully saturated rings. The van der Waals surface area contributed by atoms with Crippen LogP contribution in [0.3, 0.4) is 0 Å². The van der Waals surface area contributed by atoms with Crippen LogP contribution < -0.4 is 4.90 Å². The Morgan fingerprint density at radius 1 is 1.22 bits per heavy atom. The highest BCUT2D eigenvalue weighted by molar-refractivity contribution is 6.29. The first-order valence-corrected chi connectivity index (χ1v) is 5.81. The highest BCUT2D eigenvalue weighted by Gasteiger charge is 2.17. The van der Waals surface area contributed by atoms with Crippen LogP contribution in [0.2, 0.25) is 5.15 Å². The zero-order valence-electron chi connectivity index (χ0n) is 9.75. The lowest BCUT2D eigenvalue weighted by molar-refractivity contribution is 0.0982. The molecule has 0 saturated carbocycles. The summed E-state index contributed by atoms with van der Waals surface area (Å²) in [7, 11) is 0. The van der Waals surface area contributed by atoms with Gasteiger partial charge in [-0.05, 0) is 31.2 Å². The summed E-state index contributed by atoms with van der Waals surface area (Å²) in [5.74, 6) is -0.215. The number of carbonyl (C=O) groups excluding carboxylic acids is 1. The predicted octanol–water partition coefficient (Wildman–Crippen LogP) is 2.19. The van der Waals surface area contributed by atoms with Crippen LogP contribution >= 0.6 is 11.6 Å². The quantitative estimate of drug-likeness (QED) is 0.851. The van der Waals surface area contributed by atoms with E-state index in [1.54, 1.807) is 41.6 Å². The van der Waals surface area contributed by atoms with Crippen LogP contribution in [0.25, 0.3) is 0 Å². The first kappa shape index (κ1) is 12.4. The van der Waals surface area contributed by atoms with Gasteiger partial charge in [0.2, 0.25) is 0 Å². The van der Waals surface area contributed by atoms with Gasteiger partial charge in [-0.1, -0.05) is 11.6 Å². The number of anilines is 1. The van der Waals surface area contributed by atoms with E-state index in [1.165, 1.54) is 0 Å².